The SMILES string of the molecule is CCCCc1ccc(C2CCC(c3ccc(F)nc3F)CC2)cc1. The van der Waals surface area contributed by atoms with Gasteiger partial charge in [0.1, 0.15) is 0 Å². The lowest BCUT2D eigenvalue weighted by atomic mass is 9.76. The maximum Gasteiger partial charge on any atom is 0.218 e. The van der Waals surface area contributed by atoms with Crippen molar-refractivity contribution in [2.45, 2.75) is 63.7 Å². The number of aryl methyl sites for hydroxylation is 1. The van der Waals surface area contributed by atoms with Crippen LogP contribution in [0.3, 0.4) is 0 Å². The first-order valence-corrected chi connectivity index (χ1v) is 9.08. The third-order valence-electron chi connectivity index (χ3n) is 5.28. The fourth-order valence-electron chi connectivity index (χ4n) is 3.80. The Kier molecular flexibility index (Phi) is 5.60. The standard InChI is InChI=1S/C21H25F2N/c1-2-3-4-15-5-7-16(8-6-15)17-9-11-18(12-10-17)19-13-14-20(22)24-21(19)23/h5-8,13-14,17-18H,2-4,9-12H2,1H3. The summed E-state index contributed by atoms with van der Waals surface area (Å²) in [6, 6.07) is 11.8. The number of rotatable bonds is 5. The van der Waals surface area contributed by atoms with Gasteiger partial charge in [0, 0.05) is 5.56 Å². The maximum absolute atomic E-state index is 13.9. The molecular formula is C21H25F2N. The molecule has 1 aliphatic carbocycles. The summed E-state index contributed by atoms with van der Waals surface area (Å²) < 4.78 is 26.8. The molecule has 2 aromatic rings. The highest BCUT2D eigenvalue weighted by Gasteiger charge is 2.25. The molecule has 1 aromatic carbocycles. The number of hydrogen-bond acceptors (Lipinski definition) is 1. The van der Waals surface area contributed by atoms with E-state index < -0.39 is 11.9 Å². The van der Waals surface area contributed by atoms with Crippen molar-refractivity contribution in [2.24, 2.45) is 0 Å². The topological polar surface area (TPSA) is 12.9 Å². The number of benzene rings is 1. The Bertz CT molecular complexity index is 658. The van der Waals surface area contributed by atoms with Gasteiger partial charge in [0.15, 0.2) is 0 Å². The number of nitrogens with zero attached hydrogens (tertiary/aromatic N) is 1. The summed E-state index contributed by atoms with van der Waals surface area (Å²) in [5.74, 6) is -0.664. The number of unbranched alkanes of at least 4 members (excludes halogenated alkanes) is 1. The van der Waals surface area contributed by atoms with Gasteiger partial charge in [-0.2, -0.15) is 13.8 Å². The summed E-state index contributed by atoms with van der Waals surface area (Å²) in [7, 11) is 0. The Balaban J connectivity index is 1.60. The van der Waals surface area contributed by atoms with E-state index in [4.69, 9.17) is 0 Å². The monoisotopic (exact) mass is 329 g/mol. The molecule has 0 spiro atoms. The van der Waals surface area contributed by atoms with Crippen LogP contribution in [-0.2, 0) is 6.42 Å². The first-order valence-electron chi connectivity index (χ1n) is 9.08. The molecular weight excluding hydrogens is 304 g/mol. The lowest BCUT2D eigenvalue weighted by molar-refractivity contribution is 0.381. The molecule has 1 saturated carbocycles. The van der Waals surface area contributed by atoms with Crippen LogP contribution in [0.15, 0.2) is 36.4 Å². The molecule has 1 aliphatic rings. The van der Waals surface area contributed by atoms with Gasteiger partial charge in [-0.05, 0) is 73.6 Å². The summed E-state index contributed by atoms with van der Waals surface area (Å²) in [5.41, 5.74) is 3.38. The molecule has 3 rings (SSSR count). The zero-order valence-corrected chi connectivity index (χ0v) is 14.3. The second kappa shape index (κ2) is 7.87. The number of pyridine rings is 1. The molecule has 24 heavy (non-hydrogen) atoms. The van der Waals surface area contributed by atoms with Crippen LogP contribution >= 0.6 is 0 Å². The van der Waals surface area contributed by atoms with E-state index in [2.05, 4.69) is 36.2 Å². The van der Waals surface area contributed by atoms with Crippen LogP contribution in [-0.4, -0.2) is 4.98 Å². The minimum Gasteiger partial charge on any atom is -0.190 e. The largest absolute Gasteiger partial charge is 0.218 e. The number of aromatic nitrogens is 1. The highest BCUT2D eigenvalue weighted by Crippen LogP contribution is 2.40. The first kappa shape index (κ1) is 17.1. The Morgan fingerprint density at radius 3 is 2.21 bits per heavy atom. The van der Waals surface area contributed by atoms with E-state index in [1.165, 1.54) is 30.0 Å². The average Bonchev–Trinajstić information content (AvgIpc) is 2.61. The fourth-order valence-corrected chi connectivity index (χ4v) is 3.80. The van der Waals surface area contributed by atoms with E-state index in [0.717, 1.165) is 32.1 Å². The first-order chi connectivity index (χ1) is 11.7. The second-order valence-electron chi connectivity index (χ2n) is 6.91. The molecule has 0 amide bonds. The number of halogens is 2. The van der Waals surface area contributed by atoms with E-state index in [0.29, 0.717) is 11.5 Å². The second-order valence-corrected chi connectivity index (χ2v) is 6.91. The highest BCUT2D eigenvalue weighted by molar-refractivity contribution is 5.27. The molecule has 128 valence electrons. The van der Waals surface area contributed by atoms with E-state index in [-0.39, 0.29) is 5.92 Å². The van der Waals surface area contributed by atoms with E-state index in [1.54, 1.807) is 6.07 Å². The molecule has 3 heteroatoms. The van der Waals surface area contributed by atoms with Crippen LogP contribution in [0, 0.1) is 11.9 Å². The minimum absolute atomic E-state index is 0.165. The Hall–Kier alpha value is -1.77. The summed E-state index contributed by atoms with van der Waals surface area (Å²) in [6.07, 6.45) is 7.59. The molecule has 1 aromatic heterocycles. The Morgan fingerprint density at radius 2 is 1.58 bits per heavy atom. The smallest absolute Gasteiger partial charge is 0.190 e. The van der Waals surface area contributed by atoms with Gasteiger partial charge in [-0.25, -0.2) is 0 Å². The lowest BCUT2D eigenvalue weighted by Gasteiger charge is -2.29. The van der Waals surface area contributed by atoms with Crippen molar-refractivity contribution in [3.05, 3.63) is 65.0 Å². The summed E-state index contributed by atoms with van der Waals surface area (Å²) in [6.45, 7) is 2.21. The van der Waals surface area contributed by atoms with Gasteiger partial charge in [0.05, 0.1) is 0 Å². The van der Waals surface area contributed by atoms with Crippen molar-refractivity contribution in [1.29, 1.82) is 0 Å². The molecule has 0 aliphatic heterocycles. The lowest BCUT2D eigenvalue weighted by Crippen LogP contribution is -2.14. The van der Waals surface area contributed by atoms with E-state index in [1.807, 2.05) is 0 Å². The molecule has 0 saturated heterocycles. The van der Waals surface area contributed by atoms with Gasteiger partial charge >= 0.3 is 0 Å². The number of hydrogen-bond donors (Lipinski definition) is 0. The quantitative estimate of drug-likeness (QED) is 0.600. The molecule has 0 atom stereocenters. The summed E-state index contributed by atoms with van der Waals surface area (Å²) in [5, 5.41) is 0. The Morgan fingerprint density at radius 1 is 0.917 bits per heavy atom. The van der Waals surface area contributed by atoms with Crippen molar-refractivity contribution >= 4 is 0 Å². The van der Waals surface area contributed by atoms with Crippen LogP contribution in [0.1, 0.15) is 74.0 Å². The van der Waals surface area contributed by atoms with Gasteiger partial charge in [0.2, 0.25) is 11.9 Å². The van der Waals surface area contributed by atoms with E-state index in [9.17, 15) is 8.78 Å². The van der Waals surface area contributed by atoms with Gasteiger partial charge in [0.25, 0.3) is 0 Å². The van der Waals surface area contributed by atoms with E-state index >= 15 is 0 Å². The Labute approximate surface area is 143 Å². The average molecular weight is 329 g/mol. The highest BCUT2D eigenvalue weighted by atomic mass is 19.1. The van der Waals surface area contributed by atoms with Crippen molar-refractivity contribution in [1.82, 2.24) is 4.98 Å². The molecule has 0 bridgehead atoms. The van der Waals surface area contributed by atoms with Crippen molar-refractivity contribution in [3.8, 4) is 0 Å². The maximum atomic E-state index is 13.9. The van der Waals surface area contributed by atoms with Crippen molar-refractivity contribution in [3.63, 3.8) is 0 Å². The third kappa shape index (κ3) is 4.00. The molecule has 0 N–H and O–H groups in total. The van der Waals surface area contributed by atoms with Crippen LogP contribution in [0.2, 0.25) is 0 Å². The normalized spacial score (nSPS) is 21.0. The van der Waals surface area contributed by atoms with Crippen LogP contribution in [0.5, 0.6) is 0 Å². The predicted octanol–water partition coefficient (Wildman–Crippen LogP) is 6.14. The van der Waals surface area contributed by atoms with Crippen molar-refractivity contribution in [2.75, 3.05) is 0 Å². The summed E-state index contributed by atoms with van der Waals surface area (Å²) >= 11 is 0. The van der Waals surface area contributed by atoms with Gasteiger partial charge < -0.3 is 0 Å². The third-order valence-corrected chi connectivity index (χ3v) is 5.28. The van der Waals surface area contributed by atoms with Gasteiger partial charge in [-0.3, -0.25) is 0 Å². The zero-order chi connectivity index (χ0) is 16.9. The molecule has 1 heterocycles. The molecule has 0 unspecified atom stereocenters. The van der Waals surface area contributed by atoms with Crippen LogP contribution in [0.25, 0.3) is 0 Å². The minimum atomic E-state index is -0.743. The van der Waals surface area contributed by atoms with Crippen LogP contribution < -0.4 is 0 Å². The molecule has 1 fully saturated rings. The zero-order valence-electron chi connectivity index (χ0n) is 14.3. The molecule has 0 radical (unpaired) electrons. The summed E-state index contributed by atoms with van der Waals surface area (Å²) in [4.78, 5) is 3.33. The van der Waals surface area contributed by atoms with Crippen molar-refractivity contribution < 1.29 is 8.78 Å². The van der Waals surface area contributed by atoms with Gasteiger partial charge in [-0.1, -0.05) is 37.6 Å². The van der Waals surface area contributed by atoms with Gasteiger partial charge in [-0.15, -0.1) is 0 Å². The molecule has 1 nitrogen and oxygen atoms in total. The predicted molar refractivity (Wildman–Crippen MR) is 93.2 cm³/mol. The fraction of sp³-hybridized carbons (Fsp3) is 0.476. The van der Waals surface area contributed by atoms with Crippen LogP contribution in [0.4, 0.5) is 8.78 Å².